The largest absolute Gasteiger partial charge is 0.497 e. The van der Waals surface area contributed by atoms with Crippen molar-refractivity contribution in [3.05, 3.63) is 88.7 Å². The molecule has 2 N–H and O–H groups in total. The SMILES string of the molecule is COc1cccc(C(=O)Nc2cc(C(=O)Nc3ccc(F)cc3)ccc2Cl)c1. The van der Waals surface area contributed by atoms with Crippen LogP contribution in [0.3, 0.4) is 0 Å². The van der Waals surface area contributed by atoms with Gasteiger partial charge in [0, 0.05) is 16.8 Å². The van der Waals surface area contributed by atoms with Gasteiger partial charge in [-0.2, -0.15) is 0 Å². The molecule has 2 amide bonds. The molecule has 0 saturated heterocycles. The van der Waals surface area contributed by atoms with Gasteiger partial charge in [0.05, 0.1) is 17.8 Å². The van der Waals surface area contributed by atoms with Crippen LogP contribution in [-0.4, -0.2) is 18.9 Å². The van der Waals surface area contributed by atoms with Crippen LogP contribution in [-0.2, 0) is 0 Å². The van der Waals surface area contributed by atoms with Crippen LogP contribution in [0.25, 0.3) is 0 Å². The lowest BCUT2D eigenvalue weighted by Gasteiger charge is -2.11. The predicted octanol–water partition coefficient (Wildman–Crippen LogP) is 4.99. The number of carbonyl (C=O) groups excluding carboxylic acids is 2. The normalized spacial score (nSPS) is 10.2. The van der Waals surface area contributed by atoms with Crippen LogP contribution in [0.4, 0.5) is 15.8 Å². The lowest BCUT2D eigenvalue weighted by molar-refractivity contribution is 0.101. The molecular formula is C21H16ClFN2O3. The second kappa shape index (κ2) is 8.54. The van der Waals surface area contributed by atoms with E-state index in [0.717, 1.165) is 0 Å². The van der Waals surface area contributed by atoms with Crippen LogP contribution in [0.15, 0.2) is 66.7 Å². The van der Waals surface area contributed by atoms with E-state index in [4.69, 9.17) is 16.3 Å². The smallest absolute Gasteiger partial charge is 0.255 e. The maximum Gasteiger partial charge on any atom is 0.255 e. The Balaban J connectivity index is 1.77. The predicted molar refractivity (Wildman–Crippen MR) is 107 cm³/mol. The Morgan fingerprint density at radius 3 is 2.29 bits per heavy atom. The van der Waals surface area contributed by atoms with Crippen molar-refractivity contribution < 1.29 is 18.7 Å². The molecule has 5 nitrogen and oxygen atoms in total. The highest BCUT2D eigenvalue weighted by Gasteiger charge is 2.13. The van der Waals surface area contributed by atoms with Gasteiger partial charge >= 0.3 is 0 Å². The van der Waals surface area contributed by atoms with Crippen molar-refractivity contribution in [3.8, 4) is 5.75 Å². The summed E-state index contributed by atoms with van der Waals surface area (Å²) in [5, 5.41) is 5.63. The van der Waals surface area contributed by atoms with Gasteiger partial charge in [-0.15, -0.1) is 0 Å². The summed E-state index contributed by atoms with van der Waals surface area (Å²) in [6.07, 6.45) is 0. The number of methoxy groups -OCH3 is 1. The quantitative estimate of drug-likeness (QED) is 0.636. The number of ether oxygens (including phenoxy) is 1. The van der Waals surface area contributed by atoms with Crippen LogP contribution in [0, 0.1) is 5.82 Å². The van der Waals surface area contributed by atoms with Crippen LogP contribution < -0.4 is 15.4 Å². The summed E-state index contributed by atoms with van der Waals surface area (Å²) >= 11 is 6.16. The molecule has 0 aliphatic rings. The number of halogens is 2. The molecule has 0 unspecified atom stereocenters. The Kier molecular flexibility index (Phi) is 5.91. The average molecular weight is 399 g/mol. The topological polar surface area (TPSA) is 67.4 Å². The highest BCUT2D eigenvalue weighted by molar-refractivity contribution is 6.34. The van der Waals surface area contributed by atoms with E-state index in [2.05, 4.69) is 10.6 Å². The maximum absolute atomic E-state index is 13.0. The molecule has 3 aromatic rings. The second-order valence-corrected chi connectivity index (χ2v) is 6.25. The van der Waals surface area contributed by atoms with E-state index in [1.807, 2.05) is 0 Å². The molecular weight excluding hydrogens is 383 g/mol. The number of benzene rings is 3. The molecule has 0 fully saturated rings. The van der Waals surface area contributed by atoms with Crippen molar-refractivity contribution in [2.45, 2.75) is 0 Å². The minimum Gasteiger partial charge on any atom is -0.497 e. The molecule has 0 aliphatic heterocycles. The Morgan fingerprint density at radius 2 is 1.57 bits per heavy atom. The van der Waals surface area contributed by atoms with Gasteiger partial charge < -0.3 is 15.4 Å². The molecule has 3 aromatic carbocycles. The van der Waals surface area contributed by atoms with Gasteiger partial charge in [-0.05, 0) is 60.7 Å². The minimum atomic E-state index is -0.417. The Morgan fingerprint density at radius 1 is 0.893 bits per heavy atom. The molecule has 0 radical (unpaired) electrons. The lowest BCUT2D eigenvalue weighted by Crippen LogP contribution is -2.15. The highest BCUT2D eigenvalue weighted by atomic mass is 35.5. The number of anilines is 2. The molecule has 0 saturated carbocycles. The van der Waals surface area contributed by atoms with Crippen molar-refractivity contribution in [1.29, 1.82) is 0 Å². The zero-order valence-corrected chi connectivity index (χ0v) is 15.6. The molecule has 0 aliphatic carbocycles. The number of hydrogen-bond acceptors (Lipinski definition) is 3. The summed E-state index contributed by atoms with van der Waals surface area (Å²) < 4.78 is 18.1. The number of carbonyl (C=O) groups is 2. The Hall–Kier alpha value is -3.38. The third-order valence-electron chi connectivity index (χ3n) is 3.91. The fourth-order valence-corrected chi connectivity index (χ4v) is 2.62. The summed E-state index contributed by atoms with van der Waals surface area (Å²) in [6, 6.07) is 16.6. The summed E-state index contributed by atoms with van der Waals surface area (Å²) in [5.41, 5.74) is 1.41. The summed E-state index contributed by atoms with van der Waals surface area (Å²) in [4.78, 5) is 24.9. The first-order valence-corrected chi connectivity index (χ1v) is 8.66. The van der Waals surface area contributed by atoms with Gasteiger partial charge in [-0.25, -0.2) is 4.39 Å². The zero-order valence-electron chi connectivity index (χ0n) is 14.8. The molecule has 0 bridgehead atoms. The standard InChI is InChI=1S/C21H16ClFN2O3/c1-28-17-4-2-3-13(11-17)21(27)25-19-12-14(5-10-18(19)22)20(26)24-16-8-6-15(23)7-9-16/h2-12H,1H3,(H,24,26)(H,25,27). The minimum absolute atomic E-state index is 0.287. The fourth-order valence-electron chi connectivity index (χ4n) is 2.46. The van der Waals surface area contributed by atoms with Gasteiger partial charge in [0.2, 0.25) is 0 Å². The third-order valence-corrected chi connectivity index (χ3v) is 4.24. The Labute approximate surface area is 166 Å². The first-order chi connectivity index (χ1) is 13.5. The molecule has 7 heteroatoms. The average Bonchev–Trinajstić information content (AvgIpc) is 2.71. The van der Waals surface area contributed by atoms with Crippen LogP contribution in [0.2, 0.25) is 5.02 Å². The first kappa shape index (κ1) is 19.4. The lowest BCUT2D eigenvalue weighted by atomic mass is 10.1. The van der Waals surface area contributed by atoms with Crippen LogP contribution in [0.5, 0.6) is 5.75 Å². The van der Waals surface area contributed by atoms with Crippen molar-refractivity contribution in [1.82, 2.24) is 0 Å². The molecule has 0 heterocycles. The highest BCUT2D eigenvalue weighted by Crippen LogP contribution is 2.25. The maximum atomic E-state index is 13.0. The van der Waals surface area contributed by atoms with E-state index in [1.54, 1.807) is 24.3 Å². The van der Waals surface area contributed by atoms with E-state index < -0.39 is 17.6 Å². The van der Waals surface area contributed by atoms with Crippen molar-refractivity contribution in [3.63, 3.8) is 0 Å². The van der Waals surface area contributed by atoms with Gasteiger partial charge in [-0.1, -0.05) is 17.7 Å². The van der Waals surface area contributed by atoms with Gasteiger partial charge in [0.1, 0.15) is 11.6 Å². The van der Waals surface area contributed by atoms with E-state index in [-0.39, 0.29) is 10.6 Å². The molecule has 0 atom stereocenters. The number of amides is 2. The van der Waals surface area contributed by atoms with Crippen molar-refractivity contribution in [2.24, 2.45) is 0 Å². The summed E-state index contributed by atoms with van der Waals surface area (Å²) in [7, 11) is 1.51. The molecule has 28 heavy (non-hydrogen) atoms. The Bertz CT molecular complexity index is 1020. The molecule has 3 rings (SSSR count). The van der Waals surface area contributed by atoms with Gasteiger partial charge in [0.25, 0.3) is 11.8 Å². The molecule has 0 spiro atoms. The van der Waals surface area contributed by atoms with Crippen molar-refractivity contribution >= 4 is 34.8 Å². The molecule has 0 aromatic heterocycles. The number of hydrogen-bond donors (Lipinski definition) is 2. The van der Waals surface area contributed by atoms with E-state index >= 15 is 0 Å². The van der Waals surface area contributed by atoms with E-state index in [0.29, 0.717) is 22.7 Å². The van der Waals surface area contributed by atoms with Crippen molar-refractivity contribution in [2.75, 3.05) is 17.7 Å². The second-order valence-electron chi connectivity index (χ2n) is 5.84. The van der Waals surface area contributed by atoms with E-state index in [1.165, 1.54) is 49.6 Å². The van der Waals surface area contributed by atoms with Crippen LogP contribution >= 0.6 is 11.6 Å². The monoisotopic (exact) mass is 398 g/mol. The number of nitrogens with one attached hydrogen (secondary N) is 2. The summed E-state index contributed by atoms with van der Waals surface area (Å²) in [5.74, 6) is -0.657. The van der Waals surface area contributed by atoms with E-state index in [9.17, 15) is 14.0 Å². The summed E-state index contributed by atoms with van der Waals surface area (Å²) in [6.45, 7) is 0. The van der Waals surface area contributed by atoms with Gasteiger partial charge in [-0.3, -0.25) is 9.59 Å². The van der Waals surface area contributed by atoms with Gasteiger partial charge in [0.15, 0.2) is 0 Å². The van der Waals surface area contributed by atoms with Crippen LogP contribution in [0.1, 0.15) is 20.7 Å². The first-order valence-electron chi connectivity index (χ1n) is 8.28. The zero-order chi connectivity index (χ0) is 20.1. The third kappa shape index (κ3) is 4.66. The fraction of sp³-hybridized carbons (Fsp3) is 0.0476. The molecule has 142 valence electrons. The number of rotatable bonds is 5.